The number of nitrogens with one attached hydrogen (secondary N) is 2. The highest BCUT2D eigenvalue weighted by atomic mass is 19.4. The van der Waals surface area contributed by atoms with Crippen molar-refractivity contribution >= 4 is 11.7 Å². The average Bonchev–Trinajstić information content (AvgIpc) is 3.04. The summed E-state index contributed by atoms with van der Waals surface area (Å²) in [5.74, 6) is 0.574. The van der Waals surface area contributed by atoms with Crippen molar-refractivity contribution in [1.82, 2.24) is 25.2 Å². The lowest BCUT2D eigenvalue weighted by Crippen LogP contribution is -2.37. The number of pyridine rings is 1. The van der Waals surface area contributed by atoms with Gasteiger partial charge >= 0.3 is 12.2 Å². The molecular weight excluding hydrogens is 347 g/mol. The van der Waals surface area contributed by atoms with Gasteiger partial charge in [-0.2, -0.15) is 13.2 Å². The van der Waals surface area contributed by atoms with Crippen molar-refractivity contribution in [2.45, 2.75) is 25.7 Å². The maximum atomic E-state index is 12.5. The van der Waals surface area contributed by atoms with E-state index in [1.54, 1.807) is 23.6 Å². The minimum Gasteiger partial charge on any atom is -0.334 e. The normalized spacial score (nSPS) is 12.8. The molecule has 0 aliphatic carbocycles. The van der Waals surface area contributed by atoms with Gasteiger partial charge < -0.3 is 10.6 Å². The molecule has 0 aliphatic rings. The molecule has 0 saturated carbocycles. The number of benzene rings is 1. The Morgan fingerprint density at radius 1 is 1.15 bits per heavy atom. The van der Waals surface area contributed by atoms with E-state index < -0.39 is 23.8 Å². The summed E-state index contributed by atoms with van der Waals surface area (Å²) in [7, 11) is 0. The number of nitrogens with zero attached hydrogens (tertiary/aromatic N) is 3. The smallest absolute Gasteiger partial charge is 0.334 e. The molecule has 2 N–H and O–H groups in total. The summed E-state index contributed by atoms with van der Waals surface area (Å²) in [6, 6.07) is 9.25. The van der Waals surface area contributed by atoms with Crippen molar-refractivity contribution in [3.05, 3.63) is 65.6 Å². The Bertz CT molecular complexity index is 905. The molecule has 1 unspecified atom stereocenters. The second-order valence-electron chi connectivity index (χ2n) is 5.73. The quantitative estimate of drug-likeness (QED) is 0.747. The van der Waals surface area contributed by atoms with Crippen LogP contribution in [0.4, 0.5) is 18.0 Å². The van der Waals surface area contributed by atoms with Crippen LogP contribution in [-0.4, -0.2) is 20.6 Å². The number of urea groups is 1. The Morgan fingerprint density at radius 3 is 2.58 bits per heavy atom. The lowest BCUT2D eigenvalue weighted by molar-refractivity contribution is -0.137. The van der Waals surface area contributed by atoms with Crippen LogP contribution in [0.2, 0.25) is 0 Å². The molecule has 2 aromatic heterocycles. The molecule has 0 saturated heterocycles. The van der Waals surface area contributed by atoms with Crippen molar-refractivity contribution in [1.29, 1.82) is 0 Å². The van der Waals surface area contributed by atoms with Gasteiger partial charge in [-0.15, -0.1) is 10.2 Å². The molecule has 26 heavy (non-hydrogen) atoms. The van der Waals surface area contributed by atoms with Crippen molar-refractivity contribution in [3.63, 3.8) is 0 Å². The Kier molecular flexibility index (Phi) is 4.79. The molecule has 136 valence electrons. The number of halogens is 3. The summed E-state index contributed by atoms with van der Waals surface area (Å²) in [4.78, 5) is 12.0. The first kappa shape index (κ1) is 17.7. The zero-order valence-corrected chi connectivity index (χ0v) is 13.8. The van der Waals surface area contributed by atoms with Crippen molar-refractivity contribution < 1.29 is 18.0 Å². The fourth-order valence-corrected chi connectivity index (χ4v) is 2.46. The molecule has 9 heteroatoms. The van der Waals surface area contributed by atoms with Gasteiger partial charge in [-0.1, -0.05) is 18.2 Å². The van der Waals surface area contributed by atoms with Gasteiger partial charge in [0.25, 0.3) is 0 Å². The number of carbonyl (C=O) groups excluding carboxylic acids is 1. The third-order valence-electron chi connectivity index (χ3n) is 3.81. The van der Waals surface area contributed by atoms with E-state index in [-0.39, 0.29) is 6.54 Å². The summed E-state index contributed by atoms with van der Waals surface area (Å²) >= 11 is 0. The Balaban J connectivity index is 1.57. The molecule has 2 heterocycles. The number of amides is 2. The van der Waals surface area contributed by atoms with E-state index in [1.807, 2.05) is 12.1 Å². The molecule has 3 rings (SSSR count). The van der Waals surface area contributed by atoms with E-state index in [2.05, 4.69) is 20.8 Å². The van der Waals surface area contributed by atoms with Crippen LogP contribution in [0.1, 0.15) is 29.9 Å². The standard InChI is InChI=1S/C17H16F3N5O/c1-11(15-24-23-14-4-2-3-9-25(14)15)22-16(26)21-10-12-5-7-13(8-6-12)17(18,19)20/h2-9,11H,10H2,1H3,(H2,21,22,26). The summed E-state index contributed by atoms with van der Waals surface area (Å²) in [5.41, 5.74) is 0.507. The molecule has 0 radical (unpaired) electrons. The van der Waals surface area contributed by atoms with Gasteiger partial charge in [-0.3, -0.25) is 4.40 Å². The van der Waals surface area contributed by atoms with Gasteiger partial charge in [-0.25, -0.2) is 4.79 Å². The first-order chi connectivity index (χ1) is 12.3. The zero-order chi connectivity index (χ0) is 18.7. The molecule has 3 aromatic rings. The van der Waals surface area contributed by atoms with Gasteiger partial charge in [0.05, 0.1) is 11.6 Å². The van der Waals surface area contributed by atoms with Crippen molar-refractivity contribution in [3.8, 4) is 0 Å². The largest absolute Gasteiger partial charge is 0.416 e. The third kappa shape index (κ3) is 3.93. The van der Waals surface area contributed by atoms with Gasteiger partial charge in [0.1, 0.15) is 0 Å². The van der Waals surface area contributed by atoms with Crippen LogP contribution < -0.4 is 10.6 Å². The van der Waals surface area contributed by atoms with Gasteiger partial charge in [0.15, 0.2) is 11.5 Å². The van der Waals surface area contributed by atoms with E-state index in [1.165, 1.54) is 12.1 Å². The number of alkyl halides is 3. The van der Waals surface area contributed by atoms with Crippen LogP contribution in [0.5, 0.6) is 0 Å². The summed E-state index contributed by atoms with van der Waals surface area (Å²) in [6.45, 7) is 1.87. The van der Waals surface area contributed by atoms with Crippen LogP contribution in [-0.2, 0) is 12.7 Å². The monoisotopic (exact) mass is 363 g/mol. The number of fused-ring (bicyclic) bond motifs is 1. The minimum absolute atomic E-state index is 0.108. The Morgan fingerprint density at radius 2 is 1.88 bits per heavy atom. The molecule has 0 aliphatic heterocycles. The molecule has 0 spiro atoms. The highest BCUT2D eigenvalue weighted by molar-refractivity contribution is 5.74. The van der Waals surface area contributed by atoms with Gasteiger partial charge in [0.2, 0.25) is 0 Å². The summed E-state index contributed by atoms with van der Waals surface area (Å²) in [5, 5.41) is 13.4. The number of aromatic nitrogens is 3. The van der Waals surface area contributed by atoms with Crippen molar-refractivity contribution in [2.24, 2.45) is 0 Å². The van der Waals surface area contributed by atoms with E-state index in [4.69, 9.17) is 0 Å². The fraction of sp³-hybridized carbons (Fsp3) is 0.235. The van der Waals surface area contributed by atoms with E-state index in [9.17, 15) is 18.0 Å². The van der Waals surface area contributed by atoms with E-state index in [0.29, 0.717) is 17.0 Å². The Labute approximate surface area is 147 Å². The minimum atomic E-state index is -4.38. The number of rotatable bonds is 4. The van der Waals surface area contributed by atoms with E-state index in [0.717, 1.165) is 12.1 Å². The molecular formula is C17H16F3N5O. The fourth-order valence-electron chi connectivity index (χ4n) is 2.46. The summed E-state index contributed by atoms with van der Waals surface area (Å²) in [6.07, 6.45) is -2.58. The van der Waals surface area contributed by atoms with Crippen LogP contribution in [0.25, 0.3) is 5.65 Å². The average molecular weight is 363 g/mol. The molecule has 0 fully saturated rings. The Hall–Kier alpha value is -3.10. The van der Waals surface area contributed by atoms with Gasteiger partial charge in [-0.05, 0) is 36.8 Å². The van der Waals surface area contributed by atoms with Gasteiger partial charge in [0, 0.05) is 12.7 Å². The highest BCUT2D eigenvalue weighted by Gasteiger charge is 2.29. The molecule has 0 bridgehead atoms. The second-order valence-corrected chi connectivity index (χ2v) is 5.73. The van der Waals surface area contributed by atoms with Crippen LogP contribution >= 0.6 is 0 Å². The summed E-state index contributed by atoms with van der Waals surface area (Å²) < 4.78 is 39.4. The van der Waals surface area contributed by atoms with Crippen LogP contribution in [0.3, 0.4) is 0 Å². The first-order valence-corrected chi connectivity index (χ1v) is 7.85. The predicted octanol–water partition coefficient (Wildman–Crippen LogP) is 3.31. The molecule has 2 amide bonds. The highest BCUT2D eigenvalue weighted by Crippen LogP contribution is 2.29. The lowest BCUT2D eigenvalue weighted by atomic mass is 10.1. The molecule has 6 nitrogen and oxygen atoms in total. The number of carbonyl (C=O) groups is 1. The molecule has 1 atom stereocenters. The predicted molar refractivity (Wildman–Crippen MR) is 88.2 cm³/mol. The SMILES string of the molecule is CC(NC(=O)NCc1ccc(C(F)(F)F)cc1)c1nnc2ccccn12. The number of hydrogen-bond acceptors (Lipinski definition) is 3. The van der Waals surface area contributed by atoms with Crippen molar-refractivity contribution in [2.75, 3.05) is 0 Å². The lowest BCUT2D eigenvalue weighted by Gasteiger charge is -2.13. The maximum absolute atomic E-state index is 12.5. The zero-order valence-electron chi connectivity index (χ0n) is 13.8. The van der Waals surface area contributed by atoms with E-state index >= 15 is 0 Å². The maximum Gasteiger partial charge on any atom is 0.416 e. The third-order valence-corrected chi connectivity index (χ3v) is 3.81. The second kappa shape index (κ2) is 7.03. The molecule has 1 aromatic carbocycles. The van der Waals surface area contributed by atoms with Crippen LogP contribution in [0.15, 0.2) is 48.7 Å². The topological polar surface area (TPSA) is 71.3 Å². The van der Waals surface area contributed by atoms with Crippen LogP contribution in [0, 0.1) is 0 Å². The first-order valence-electron chi connectivity index (χ1n) is 7.85. The number of hydrogen-bond donors (Lipinski definition) is 2.